The number of carbonyl (C=O) groups excluding carboxylic acids is 2. The normalized spacial score (nSPS) is 20.9. The molecule has 0 aromatic rings. The van der Waals surface area contributed by atoms with Gasteiger partial charge in [0, 0.05) is 20.0 Å². The molecule has 0 aromatic heterocycles. The molecule has 1 saturated heterocycles. The van der Waals surface area contributed by atoms with E-state index in [0.717, 1.165) is 0 Å². The van der Waals surface area contributed by atoms with E-state index < -0.39 is 23.9 Å². The van der Waals surface area contributed by atoms with Gasteiger partial charge >= 0.3 is 12.1 Å². The minimum atomic E-state index is -0.587. The fourth-order valence-corrected chi connectivity index (χ4v) is 1.51. The van der Waals surface area contributed by atoms with Crippen LogP contribution in [0.25, 0.3) is 0 Å². The molecule has 0 spiro atoms. The van der Waals surface area contributed by atoms with Gasteiger partial charge in [0.25, 0.3) is 0 Å². The summed E-state index contributed by atoms with van der Waals surface area (Å²) in [7, 11) is 0. The van der Waals surface area contributed by atoms with Crippen LogP contribution in [0.2, 0.25) is 0 Å². The van der Waals surface area contributed by atoms with E-state index in [1.807, 2.05) is 0 Å². The van der Waals surface area contributed by atoms with Crippen LogP contribution >= 0.6 is 0 Å². The van der Waals surface area contributed by atoms with E-state index in [0.29, 0.717) is 19.6 Å². The van der Waals surface area contributed by atoms with Gasteiger partial charge in [-0.1, -0.05) is 0 Å². The van der Waals surface area contributed by atoms with Crippen molar-refractivity contribution >= 4 is 12.1 Å². The maximum Gasteiger partial charge on any atom is 0.413 e. The summed E-state index contributed by atoms with van der Waals surface area (Å²) >= 11 is 0. The summed E-state index contributed by atoms with van der Waals surface area (Å²) < 4.78 is 10.3. The lowest BCUT2D eigenvalue weighted by Crippen LogP contribution is -2.56. The summed E-state index contributed by atoms with van der Waals surface area (Å²) in [5, 5.41) is 3.06. The van der Waals surface area contributed by atoms with Crippen LogP contribution in [-0.2, 0) is 14.3 Å². The Morgan fingerprint density at radius 1 is 1.35 bits per heavy atom. The van der Waals surface area contributed by atoms with Gasteiger partial charge in [-0.2, -0.15) is 0 Å². The molecule has 6 nitrogen and oxygen atoms in total. The van der Waals surface area contributed by atoms with E-state index in [1.165, 1.54) is 11.8 Å². The highest BCUT2D eigenvalue weighted by Crippen LogP contribution is 2.13. The van der Waals surface area contributed by atoms with Crippen LogP contribution in [0.1, 0.15) is 27.7 Å². The second kappa shape index (κ2) is 5.35. The number of rotatable bonds is 1. The Labute approximate surface area is 101 Å². The van der Waals surface area contributed by atoms with Gasteiger partial charge in [-0.05, 0) is 20.8 Å². The molecule has 0 radical (unpaired) electrons. The zero-order chi connectivity index (χ0) is 13.1. The molecule has 1 N–H and O–H groups in total. The maximum atomic E-state index is 11.9. The van der Waals surface area contributed by atoms with Crippen molar-refractivity contribution in [2.45, 2.75) is 39.5 Å². The van der Waals surface area contributed by atoms with Crippen molar-refractivity contribution in [3.05, 3.63) is 0 Å². The quantitative estimate of drug-likeness (QED) is 0.688. The number of esters is 1. The third kappa shape index (κ3) is 4.60. The Morgan fingerprint density at radius 3 is 2.53 bits per heavy atom. The van der Waals surface area contributed by atoms with E-state index in [1.54, 1.807) is 20.8 Å². The predicted molar refractivity (Wildman–Crippen MR) is 61.4 cm³/mol. The fraction of sp³-hybridized carbons (Fsp3) is 0.818. The van der Waals surface area contributed by atoms with Crippen molar-refractivity contribution in [3.63, 3.8) is 0 Å². The van der Waals surface area contributed by atoms with Crippen LogP contribution in [0.15, 0.2) is 0 Å². The molecule has 0 saturated carbocycles. The minimum absolute atomic E-state index is 0.410. The second-order valence-electron chi connectivity index (χ2n) is 4.94. The van der Waals surface area contributed by atoms with Crippen molar-refractivity contribution in [2.75, 3.05) is 19.6 Å². The molecule has 0 bridgehead atoms. The summed E-state index contributed by atoms with van der Waals surface area (Å²) in [5.41, 5.74) is -0.553. The number of hydrogen-bond acceptors (Lipinski definition) is 5. The molecule has 6 heteroatoms. The molecule has 1 amide bonds. The summed E-state index contributed by atoms with van der Waals surface area (Å²) in [4.78, 5) is 24.3. The number of amides is 1. The van der Waals surface area contributed by atoms with Gasteiger partial charge in [-0.3, -0.25) is 9.69 Å². The van der Waals surface area contributed by atoms with Crippen LogP contribution in [-0.4, -0.2) is 48.4 Å². The molecule has 0 aromatic carbocycles. The Hall–Kier alpha value is -1.30. The standard InChI is InChI=1S/C11H20N2O4/c1-8(14)16-9-7-12-5-6-13(9)10(15)17-11(2,3)4/h9,12H,5-7H2,1-4H3. The Balaban J connectivity index is 2.64. The number of ether oxygens (including phenoxy) is 2. The molecule has 17 heavy (non-hydrogen) atoms. The molecular formula is C11H20N2O4. The summed E-state index contributed by atoms with van der Waals surface area (Å²) in [6.45, 7) is 8.28. The molecule has 1 fully saturated rings. The van der Waals surface area contributed by atoms with E-state index in [2.05, 4.69) is 5.32 Å². The lowest BCUT2D eigenvalue weighted by Gasteiger charge is -2.36. The molecule has 0 aliphatic carbocycles. The fourth-order valence-electron chi connectivity index (χ4n) is 1.51. The smallest absolute Gasteiger partial charge is 0.413 e. The summed E-state index contributed by atoms with van der Waals surface area (Å²) in [6, 6.07) is 0. The van der Waals surface area contributed by atoms with Crippen molar-refractivity contribution in [1.29, 1.82) is 0 Å². The highest BCUT2D eigenvalue weighted by atomic mass is 16.6. The van der Waals surface area contributed by atoms with E-state index in [-0.39, 0.29) is 0 Å². The number of carbonyl (C=O) groups is 2. The topological polar surface area (TPSA) is 67.9 Å². The molecule has 1 aliphatic heterocycles. The SMILES string of the molecule is CC(=O)OC1CNCCN1C(=O)OC(C)(C)C. The molecule has 1 atom stereocenters. The Kier molecular flexibility index (Phi) is 4.34. The molecule has 98 valence electrons. The van der Waals surface area contributed by atoms with Gasteiger partial charge < -0.3 is 14.8 Å². The Morgan fingerprint density at radius 2 is 2.00 bits per heavy atom. The first-order chi connectivity index (χ1) is 7.79. The highest BCUT2D eigenvalue weighted by Gasteiger charge is 2.32. The largest absolute Gasteiger partial charge is 0.444 e. The van der Waals surface area contributed by atoms with Crippen LogP contribution in [0, 0.1) is 0 Å². The van der Waals surface area contributed by atoms with Crippen LogP contribution < -0.4 is 5.32 Å². The van der Waals surface area contributed by atoms with Crippen molar-refractivity contribution in [1.82, 2.24) is 10.2 Å². The van der Waals surface area contributed by atoms with Gasteiger partial charge in [0.2, 0.25) is 0 Å². The first-order valence-electron chi connectivity index (χ1n) is 5.67. The second-order valence-corrected chi connectivity index (χ2v) is 4.94. The predicted octanol–water partition coefficient (Wildman–Crippen LogP) is 0.716. The minimum Gasteiger partial charge on any atom is -0.444 e. The van der Waals surface area contributed by atoms with Gasteiger partial charge in [0.1, 0.15) is 5.60 Å². The van der Waals surface area contributed by atoms with Crippen LogP contribution in [0.4, 0.5) is 4.79 Å². The summed E-state index contributed by atoms with van der Waals surface area (Å²) in [5.74, 6) is -0.410. The van der Waals surface area contributed by atoms with Crippen molar-refractivity contribution < 1.29 is 19.1 Å². The number of hydrogen-bond donors (Lipinski definition) is 1. The van der Waals surface area contributed by atoms with Gasteiger partial charge in [0.15, 0.2) is 6.23 Å². The van der Waals surface area contributed by atoms with E-state index in [9.17, 15) is 9.59 Å². The van der Waals surface area contributed by atoms with Crippen molar-refractivity contribution in [3.8, 4) is 0 Å². The zero-order valence-electron chi connectivity index (χ0n) is 10.8. The average molecular weight is 244 g/mol. The van der Waals surface area contributed by atoms with Gasteiger partial charge in [-0.25, -0.2) is 4.79 Å². The molecule has 1 aliphatic rings. The first kappa shape index (κ1) is 13.8. The third-order valence-electron chi connectivity index (χ3n) is 2.13. The summed E-state index contributed by atoms with van der Waals surface area (Å²) in [6.07, 6.45) is -1.04. The van der Waals surface area contributed by atoms with Crippen LogP contribution in [0.5, 0.6) is 0 Å². The molecule has 1 heterocycles. The maximum absolute atomic E-state index is 11.9. The molecular weight excluding hydrogens is 224 g/mol. The van der Waals surface area contributed by atoms with Crippen molar-refractivity contribution in [2.24, 2.45) is 0 Å². The zero-order valence-corrected chi connectivity index (χ0v) is 10.8. The lowest BCUT2D eigenvalue weighted by atomic mass is 10.2. The number of piperazine rings is 1. The molecule has 1 unspecified atom stereocenters. The highest BCUT2D eigenvalue weighted by molar-refractivity contribution is 5.70. The first-order valence-corrected chi connectivity index (χ1v) is 5.67. The average Bonchev–Trinajstić information content (AvgIpc) is 2.14. The Bertz CT molecular complexity index is 298. The van der Waals surface area contributed by atoms with E-state index >= 15 is 0 Å². The number of nitrogens with zero attached hydrogens (tertiary/aromatic N) is 1. The van der Waals surface area contributed by atoms with Gasteiger partial charge in [-0.15, -0.1) is 0 Å². The lowest BCUT2D eigenvalue weighted by molar-refractivity contribution is -0.156. The molecule has 1 rings (SSSR count). The third-order valence-corrected chi connectivity index (χ3v) is 2.13. The van der Waals surface area contributed by atoms with Gasteiger partial charge in [0.05, 0.1) is 6.54 Å². The number of nitrogens with one attached hydrogen (secondary N) is 1. The van der Waals surface area contributed by atoms with E-state index in [4.69, 9.17) is 9.47 Å². The monoisotopic (exact) mass is 244 g/mol. The van der Waals surface area contributed by atoms with Crippen LogP contribution in [0.3, 0.4) is 0 Å².